The molecule has 1 aliphatic carbocycles. The first kappa shape index (κ1) is 18.2. The van der Waals surface area contributed by atoms with E-state index in [0.29, 0.717) is 18.6 Å². The first-order valence-corrected chi connectivity index (χ1v) is 9.58. The Morgan fingerprint density at radius 2 is 1.71 bits per heavy atom. The molecule has 4 rings (SSSR count). The monoisotopic (exact) mass is 372 g/mol. The van der Waals surface area contributed by atoms with Crippen molar-refractivity contribution >= 4 is 17.2 Å². The van der Waals surface area contributed by atoms with Crippen LogP contribution in [0.2, 0.25) is 0 Å². The summed E-state index contributed by atoms with van der Waals surface area (Å²) in [4.78, 5) is 26.4. The molecule has 28 heavy (non-hydrogen) atoms. The van der Waals surface area contributed by atoms with Crippen LogP contribution in [0.15, 0.2) is 59.5 Å². The number of carbonyl (C=O) groups excluding carboxylic acids is 1. The summed E-state index contributed by atoms with van der Waals surface area (Å²) in [6, 6.07) is 16.4. The number of Topliss-reactive ketones (excluding diaryl/α,β-unsaturated/α-hetero) is 1. The van der Waals surface area contributed by atoms with Crippen LogP contribution in [-0.2, 0) is 24.7 Å². The van der Waals surface area contributed by atoms with Gasteiger partial charge in [0, 0.05) is 50.1 Å². The number of rotatable bonds is 3. The van der Waals surface area contributed by atoms with E-state index < -0.39 is 0 Å². The molecule has 4 nitrogen and oxygen atoms in total. The molecule has 4 heteroatoms. The number of para-hydroxylation sites is 1. The predicted molar refractivity (Wildman–Crippen MR) is 113 cm³/mol. The molecule has 0 bridgehead atoms. The van der Waals surface area contributed by atoms with E-state index in [2.05, 4.69) is 29.2 Å². The van der Waals surface area contributed by atoms with Crippen molar-refractivity contribution in [3.8, 4) is 11.1 Å². The molecule has 1 aliphatic rings. The second-order valence-electron chi connectivity index (χ2n) is 7.57. The summed E-state index contributed by atoms with van der Waals surface area (Å²) in [7, 11) is 3.83. The van der Waals surface area contributed by atoms with E-state index in [1.165, 1.54) is 5.56 Å². The number of aromatic nitrogens is 1. The number of nitrogens with zero attached hydrogens (tertiary/aromatic N) is 2. The summed E-state index contributed by atoms with van der Waals surface area (Å²) in [6.07, 6.45) is 3.73. The average molecular weight is 372 g/mol. The normalized spacial score (nSPS) is 13.3. The fourth-order valence-corrected chi connectivity index (χ4v) is 3.99. The average Bonchev–Trinajstić information content (AvgIpc) is 2.71. The van der Waals surface area contributed by atoms with Crippen LogP contribution in [0.3, 0.4) is 0 Å². The number of hydrogen-bond donors (Lipinski definition) is 0. The lowest BCUT2D eigenvalue weighted by molar-refractivity contribution is -0.118. The van der Waals surface area contributed by atoms with E-state index in [1.807, 2.05) is 44.4 Å². The summed E-state index contributed by atoms with van der Waals surface area (Å²) < 4.78 is 1.63. The fraction of sp³-hybridized carbons (Fsp3) is 0.250. The molecule has 0 amide bonds. The topological polar surface area (TPSA) is 42.3 Å². The van der Waals surface area contributed by atoms with Gasteiger partial charge in [0.1, 0.15) is 5.78 Å². The van der Waals surface area contributed by atoms with Crippen molar-refractivity contribution in [2.75, 3.05) is 11.9 Å². The molecule has 0 unspecified atom stereocenters. The molecular formula is C24H24N2O2. The first-order chi connectivity index (χ1) is 13.4. The lowest BCUT2D eigenvalue weighted by Crippen LogP contribution is -2.20. The van der Waals surface area contributed by atoms with Gasteiger partial charge in [-0.05, 0) is 59.9 Å². The molecule has 0 saturated carbocycles. The van der Waals surface area contributed by atoms with E-state index in [-0.39, 0.29) is 5.56 Å². The lowest BCUT2D eigenvalue weighted by atomic mass is 9.86. The van der Waals surface area contributed by atoms with Crippen molar-refractivity contribution in [3.63, 3.8) is 0 Å². The van der Waals surface area contributed by atoms with Crippen LogP contribution in [0.1, 0.15) is 23.1 Å². The van der Waals surface area contributed by atoms with Crippen LogP contribution >= 0.6 is 0 Å². The molecule has 142 valence electrons. The minimum Gasteiger partial charge on any atom is -0.344 e. The van der Waals surface area contributed by atoms with Crippen LogP contribution in [0.5, 0.6) is 0 Å². The van der Waals surface area contributed by atoms with Gasteiger partial charge in [0.15, 0.2) is 0 Å². The van der Waals surface area contributed by atoms with Crippen molar-refractivity contribution < 1.29 is 4.79 Å². The maximum absolute atomic E-state index is 12.2. The maximum Gasteiger partial charge on any atom is 0.253 e. The van der Waals surface area contributed by atoms with Crippen LogP contribution in [-0.4, -0.2) is 17.4 Å². The highest BCUT2D eigenvalue weighted by Gasteiger charge is 2.22. The SMILES string of the molecule is Cc1cc(-c2cc3c(c(N(C)c4ccccc4)c2)CC(=O)CC3)cn(C)c1=O. The molecule has 0 spiro atoms. The lowest BCUT2D eigenvalue weighted by Gasteiger charge is -2.27. The third-order valence-electron chi connectivity index (χ3n) is 5.57. The van der Waals surface area contributed by atoms with Gasteiger partial charge in [0.05, 0.1) is 0 Å². The molecule has 1 heterocycles. The van der Waals surface area contributed by atoms with E-state index in [9.17, 15) is 9.59 Å². The minimum atomic E-state index is 0.0222. The molecule has 0 atom stereocenters. The maximum atomic E-state index is 12.2. The molecule has 3 aromatic rings. The minimum absolute atomic E-state index is 0.0222. The van der Waals surface area contributed by atoms with Crippen molar-refractivity contribution in [2.24, 2.45) is 7.05 Å². The largest absolute Gasteiger partial charge is 0.344 e. The van der Waals surface area contributed by atoms with Gasteiger partial charge in [-0.25, -0.2) is 0 Å². The second kappa shape index (κ2) is 7.12. The molecule has 2 aromatic carbocycles. The zero-order chi connectivity index (χ0) is 19.8. The number of benzene rings is 2. The Morgan fingerprint density at radius 1 is 0.964 bits per heavy atom. The van der Waals surface area contributed by atoms with E-state index in [4.69, 9.17) is 0 Å². The zero-order valence-corrected chi connectivity index (χ0v) is 16.5. The highest BCUT2D eigenvalue weighted by atomic mass is 16.1. The summed E-state index contributed by atoms with van der Waals surface area (Å²) in [6.45, 7) is 1.85. The standard InChI is InChI=1S/C24H24N2O2/c1-16-11-19(15-25(2)24(16)28)18-12-17-9-10-21(27)14-22(17)23(13-18)26(3)20-7-5-4-6-8-20/h4-8,11-13,15H,9-10,14H2,1-3H3. The number of pyridine rings is 1. The second-order valence-corrected chi connectivity index (χ2v) is 7.57. The van der Waals surface area contributed by atoms with Crippen LogP contribution in [0.25, 0.3) is 11.1 Å². The third-order valence-corrected chi connectivity index (χ3v) is 5.57. The van der Waals surface area contributed by atoms with Crippen molar-refractivity contribution in [3.05, 3.63) is 81.8 Å². The van der Waals surface area contributed by atoms with Crippen molar-refractivity contribution in [1.29, 1.82) is 0 Å². The molecule has 0 aliphatic heterocycles. The van der Waals surface area contributed by atoms with Crippen LogP contribution < -0.4 is 10.5 Å². The highest BCUT2D eigenvalue weighted by Crippen LogP contribution is 2.37. The van der Waals surface area contributed by atoms with Crippen molar-refractivity contribution in [1.82, 2.24) is 4.57 Å². The van der Waals surface area contributed by atoms with Crippen LogP contribution in [0, 0.1) is 6.92 Å². The highest BCUT2D eigenvalue weighted by molar-refractivity contribution is 5.88. The Kier molecular flexibility index (Phi) is 4.63. The molecule has 0 N–H and O–H groups in total. The van der Waals surface area contributed by atoms with Crippen LogP contribution in [0.4, 0.5) is 11.4 Å². The molecule has 1 aromatic heterocycles. The Balaban J connectivity index is 1.91. The number of aryl methyl sites for hydroxylation is 3. The van der Waals surface area contributed by atoms with Gasteiger partial charge in [-0.1, -0.05) is 24.3 Å². The van der Waals surface area contributed by atoms with Crippen molar-refractivity contribution in [2.45, 2.75) is 26.2 Å². The summed E-state index contributed by atoms with van der Waals surface area (Å²) in [5, 5.41) is 0. The third kappa shape index (κ3) is 3.26. The zero-order valence-electron chi connectivity index (χ0n) is 16.5. The van der Waals surface area contributed by atoms with Gasteiger partial charge in [-0.2, -0.15) is 0 Å². The quantitative estimate of drug-likeness (QED) is 0.692. The van der Waals surface area contributed by atoms with E-state index in [0.717, 1.165) is 40.0 Å². The molecule has 0 fully saturated rings. The van der Waals surface area contributed by atoms with Gasteiger partial charge < -0.3 is 9.47 Å². The van der Waals surface area contributed by atoms with E-state index >= 15 is 0 Å². The number of anilines is 2. The first-order valence-electron chi connectivity index (χ1n) is 9.58. The number of hydrogen-bond acceptors (Lipinski definition) is 3. The Morgan fingerprint density at radius 3 is 2.43 bits per heavy atom. The summed E-state index contributed by atoms with van der Waals surface area (Å²) in [5.74, 6) is 0.293. The van der Waals surface area contributed by atoms with Gasteiger partial charge in [-0.15, -0.1) is 0 Å². The molecule has 0 radical (unpaired) electrons. The Labute approximate surface area is 165 Å². The summed E-state index contributed by atoms with van der Waals surface area (Å²) in [5.41, 5.74) is 7.32. The number of carbonyl (C=O) groups is 1. The summed E-state index contributed by atoms with van der Waals surface area (Å²) >= 11 is 0. The van der Waals surface area contributed by atoms with Gasteiger partial charge in [0.2, 0.25) is 0 Å². The van der Waals surface area contributed by atoms with Gasteiger partial charge in [-0.3, -0.25) is 9.59 Å². The van der Waals surface area contributed by atoms with Gasteiger partial charge in [0.25, 0.3) is 5.56 Å². The molecule has 0 saturated heterocycles. The van der Waals surface area contributed by atoms with Gasteiger partial charge >= 0.3 is 0 Å². The number of fused-ring (bicyclic) bond motifs is 1. The Hall–Kier alpha value is -3.14. The molecular weight excluding hydrogens is 348 g/mol. The van der Waals surface area contributed by atoms with E-state index in [1.54, 1.807) is 11.6 Å². The fourth-order valence-electron chi connectivity index (χ4n) is 3.99. The predicted octanol–water partition coefficient (Wildman–Crippen LogP) is 4.19. The smallest absolute Gasteiger partial charge is 0.253 e. The number of ketones is 1. The Bertz CT molecular complexity index is 1090.